The van der Waals surface area contributed by atoms with Crippen molar-refractivity contribution in [1.29, 1.82) is 0 Å². The Kier molecular flexibility index (Phi) is 6.90. The highest BCUT2D eigenvalue weighted by molar-refractivity contribution is 7.92. The van der Waals surface area contributed by atoms with E-state index in [4.69, 9.17) is 4.74 Å². The third-order valence-electron chi connectivity index (χ3n) is 5.67. The van der Waals surface area contributed by atoms with Crippen molar-refractivity contribution >= 4 is 26.6 Å². The number of sulfone groups is 1. The van der Waals surface area contributed by atoms with Gasteiger partial charge in [0, 0.05) is 22.7 Å². The van der Waals surface area contributed by atoms with Gasteiger partial charge >= 0.3 is 6.61 Å². The molecule has 0 saturated heterocycles. The maximum Gasteiger partial charge on any atom is 0.388 e. The Labute approximate surface area is 216 Å². The van der Waals surface area contributed by atoms with Gasteiger partial charge < -0.3 is 14.8 Å². The van der Waals surface area contributed by atoms with E-state index in [1.54, 1.807) is 6.07 Å². The van der Waals surface area contributed by atoms with Crippen molar-refractivity contribution in [3.8, 4) is 11.7 Å². The average Bonchev–Trinajstić information content (AvgIpc) is 3.20. The number of halogens is 5. The number of amides is 1. The lowest BCUT2D eigenvalue weighted by molar-refractivity contribution is -0.0553. The number of aromatic nitrogens is 4. The van der Waals surface area contributed by atoms with E-state index in [1.807, 2.05) is 0 Å². The van der Waals surface area contributed by atoms with E-state index in [9.17, 15) is 35.2 Å². The second kappa shape index (κ2) is 10.2. The van der Waals surface area contributed by atoms with E-state index in [0.29, 0.717) is 10.9 Å². The zero-order chi connectivity index (χ0) is 27.9. The van der Waals surface area contributed by atoms with Crippen LogP contribution < -0.4 is 10.1 Å². The van der Waals surface area contributed by atoms with Gasteiger partial charge in [-0.2, -0.15) is 13.2 Å². The summed E-state index contributed by atoms with van der Waals surface area (Å²) in [6.07, 6.45) is 2.24. The molecule has 0 unspecified atom stereocenters. The molecule has 0 aliphatic carbocycles. The molecule has 4 heterocycles. The Morgan fingerprint density at radius 1 is 1.21 bits per heavy atom. The molecule has 1 N–H and O–H groups in total. The molecule has 16 heteroatoms. The molecule has 4 aromatic rings. The molecule has 1 aromatic carbocycles. The molecule has 0 spiro atoms. The minimum absolute atomic E-state index is 0.0727. The number of hydrogen-bond acceptors (Lipinski definition) is 8. The number of ether oxygens (including phenoxy) is 2. The van der Waals surface area contributed by atoms with Crippen LogP contribution in [0.3, 0.4) is 0 Å². The summed E-state index contributed by atoms with van der Waals surface area (Å²) in [5.41, 5.74) is -2.51. The second-order valence-corrected chi connectivity index (χ2v) is 10.3. The summed E-state index contributed by atoms with van der Waals surface area (Å²) in [5.74, 6) is -3.83. The molecule has 0 saturated carbocycles. The maximum absolute atomic E-state index is 14.6. The lowest BCUT2D eigenvalue weighted by Crippen LogP contribution is -2.25. The maximum atomic E-state index is 14.6. The van der Waals surface area contributed by atoms with Gasteiger partial charge in [0.2, 0.25) is 21.2 Å². The van der Waals surface area contributed by atoms with E-state index < -0.39 is 63.5 Å². The summed E-state index contributed by atoms with van der Waals surface area (Å²) < 4.78 is 102. The molecule has 39 heavy (non-hydrogen) atoms. The predicted molar refractivity (Wildman–Crippen MR) is 123 cm³/mol. The van der Waals surface area contributed by atoms with Gasteiger partial charge in [0.1, 0.15) is 5.82 Å². The number of alkyl halides is 3. The van der Waals surface area contributed by atoms with Crippen molar-refractivity contribution in [3.63, 3.8) is 0 Å². The van der Waals surface area contributed by atoms with Gasteiger partial charge in [0.15, 0.2) is 5.82 Å². The van der Waals surface area contributed by atoms with Crippen LogP contribution in [-0.2, 0) is 27.7 Å². The monoisotopic (exact) mass is 569 g/mol. The van der Waals surface area contributed by atoms with E-state index >= 15 is 0 Å². The molecule has 1 aliphatic rings. The second-order valence-electron chi connectivity index (χ2n) is 8.23. The molecule has 3 aromatic heterocycles. The van der Waals surface area contributed by atoms with Gasteiger partial charge in [0.25, 0.3) is 11.8 Å². The molecular formula is C23H16F5N5O5S. The Bertz CT molecular complexity index is 1700. The lowest BCUT2D eigenvalue weighted by atomic mass is 10.1. The summed E-state index contributed by atoms with van der Waals surface area (Å²) in [5, 5.41) is 6.62. The van der Waals surface area contributed by atoms with Gasteiger partial charge in [-0.05, 0) is 30.3 Å². The first-order valence-electron chi connectivity index (χ1n) is 11.1. The number of nitrogens with one attached hydrogen (secondary N) is 1. The van der Waals surface area contributed by atoms with Crippen LogP contribution in [0.25, 0.3) is 16.7 Å². The fourth-order valence-electron chi connectivity index (χ4n) is 3.78. The van der Waals surface area contributed by atoms with Crippen LogP contribution in [0.1, 0.15) is 21.6 Å². The number of nitrogens with zero attached hydrogens (tertiary/aromatic N) is 4. The number of hydrogen-bond donors (Lipinski definition) is 1. The highest BCUT2D eigenvalue weighted by Gasteiger charge is 2.35. The largest absolute Gasteiger partial charge is 0.413 e. The Balaban J connectivity index is 1.36. The zero-order valence-corrected chi connectivity index (χ0v) is 20.3. The molecule has 1 amide bonds. The quantitative estimate of drug-likeness (QED) is 0.351. The lowest BCUT2D eigenvalue weighted by Gasteiger charge is -2.11. The molecule has 204 valence electrons. The van der Waals surface area contributed by atoms with Crippen molar-refractivity contribution in [3.05, 3.63) is 71.2 Å². The molecule has 0 bridgehead atoms. The van der Waals surface area contributed by atoms with E-state index in [2.05, 4.69) is 25.1 Å². The summed E-state index contributed by atoms with van der Waals surface area (Å²) in [6, 6.07) is 6.20. The third kappa shape index (κ3) is 5.24. The van der Waals surface area contributed by atoms with Crippen molar-refractivity contribution in [2.75, 3.05) is 6.61 Å². The average molecular weight is 569 g/mol. The number of benzene rings is 1. The van der Waals surface area contributed by atoms with E-state index in [1.165, 1.54) is 18.3 Å². The van der Waals surface area contributed by atoms with Crippen molar-refractivity contribution < 1.29 is 44.6 Å². The Morgan fingerprint density at radius 2 is 2.00 bits per heavy atom. The summed E-state index contributed by atoms with van der Waals surface area (Å²) in [4.78, 5) is 20.5. The van der Waals surface area contributed by atoms with E-state index in [-0.39, 0.29) is 29.2 Å². The minimum atomic E-state index is -4.57. The third-order valence-corrected chi connectivity index (χ3v) is 7.46. The number of rotatable bonds is 6. The van der Waals surface area contributed by atoms with Gasteiger partial charge in [0.05, 0.1) is 42.1 Å². The normalized spacial score (nSPS) is 16.6. The fourth-order valence-corrected chi connectivity index (χ4v) is 5.12. The first kappa shape index (κ1) is 26.4. The molecule has 1 atom stereocenters. The molecule has 5 rings (SSSR count). The molecular weight excluding hydrogens is 553 g/mol. The Hall–Kier alpha value is -4.18. The van der Waals surface area contributed by atoms with Gasteiger partial charge in [-0.3, -0.25) is 9.78 Å². The smallest absolute Gasteiger partial charge is 0.388 e. The summed E-state index contributed by atoms with van der Waals surface area (Å²) >= 11 is 0. The molecule has 1 aliphatic heterocycles. The van der Waals surface area contributed by atoms with Crippen LogP contribution in [0.4, 0.5) is 22.0 Å². The summed E-state index contributed by atoms with van der Waals surface area (Å²) in [7, 11) is -4.57. The van der Waals surface area contributed by atoms with Crippen molar-refractivity contribution in [2.24, 2.45) is 0 Å². The zero-order valence-electron chi connectivity index (χ0n) is 19.4. The first-order valence-corrected chi connectivity index (χ1v) is 12.6. The topological polar surface area (TPSA) is 125 Å². The highest BCUT2D eigenvalue weighted by Crippen LogP contribution is 2.29. The van der Waals surface area contributed by atoms with E-state index in [0.717, 1.165) is 23.0 Å². The number of fused-ring (bicyclic) bond motifs is 2. The van der Waals surface area contributed by atoms with Crippen LogP contribution in [-0.4, -0.2) is 52.8 Å². The number of carbonyl (C=O) groups excluding carboxylic acids is 1. The van der Waals surface area contributed by atoms with Crippen molar-refractivity contribution in [1.82, 2.24) is 25.1 Å². The molecule has 0 fully saturated rings. The summed E-state index contributed by atoms with van der Waals surface area (Å²) in [6.45, 7) is -4.69. The van der Waals surface area contributed by atoms with Crippen molar-refractivity contribution in [2.45, 2.75) is 30.2 Å². The van der Waals surface area contributed by atoms with Crippen LogP contribution in [0.2, 0.25) is 0 Å². The Morgan fingerprint density at radius 3 is 2.77 bits per heavy atom. The predicted octanol–water partition coefficient (Wildman–Crippen LogP) is 3.22. The number of carbonyl (C=O) groups is 1. The van der Waals surface area contributed by atoms with Crippen LogP contribution >= 0.6 is 0 Å². The standard InChI is InChI=1S/C23H16F5N5O5S/c24-15-3-12(4-18-14(15)9-37-10-19(26)39(18,35)36)21(34)30-7-13-5-17-11(6-29-13)1-2-20(31-17)33-8-16(25)22(32-33)38-23(27)28/h1-6,8,19,23H,7,9-10H2,(H,30,34)/t19-/m1/s1. The first-order chi connectivity index (χ1) is 18.5. The van der Waals surface area contributed by atoms with Crippen LogP contribution in [0, 0.1) is 11.6 Å². The minimum Gasteiger partial charge on any atom is -0.413 e. The van der Waals surface area contributed by atoms with Crippen LogP contribution in [0.5, 0.6) is 5.88 Å². The molecule has 0 radical (unpaired) electrons. The molecule has 10 nitrogen and oxygen atoms in total. The van der Waals surface area contributed by atoms with Gasteiger partial charge in [-0.25, -0.2) is 26.9 Å². The SMILES string of the molecule is O=C(NCc1cc2nc(-n3cc(F)c(OC(F)F)n3)ccc2cn1)c1cc(F)c2c(c1)S(=O)(=O)[C@@H](F)COC2. The van der Waals surface area contributed by atoms with Gasteiger partial charge in [-0.15, -0.1) is 5.10 Å². The van der Waals surface area contributed by atoms with Crippen LogP contribution in [0.15, 0.2) is 47.6 Å². The highest BCUT2D eigenvalue weighted by atomic mass is 32.2. The van der Waals surface area contributed by atoms with Gasteiger partial charge in [-0.1, -0.05) is 0 Å². The number of pyridine rings is 2. The fraction of sp³-hybridized carbons (Fsp3) is 0.217.